The van der Waals surface area contributed by atoms with E-state index in [-0.39, 0.29) is 0 Å². The van der Waals surface area contributed by atoms with Gasteiger partial charge in [0.05, 0.1) is 0 Å². The topological polar surface area (TPSA) is 24.7 Å². The maximum absolute atomic E-state index is 3.96. The lowest BCUT2D eigenvalue weighted by molar-refractivity contribution is 0.499. The Morgan fingerprint density at radius 3 is 3.00 bits per heavy atom. The van der Waals surface area contributed by atoms with Crippen LogP contribution >= 0.6 is 0 Å². The van der Waals surface area contributed by atoms with Crippen LogP contribution in [0, 0.1) is 5.92 Å². The lowest BCUT2D eigenvalue weighted by atomic mass is 9.89. The van der Waals surface area contributed by atoms with Gasteiger partial charge in [-0.1, -0.05) is 6.92 Å². The minimum absolute atomic E-state index is 0.800. The molecule has 0 aromatic rings. The molecule has 0 spiro atoms. The quantitative estimate of drug-likeness (QED) is 0.392. The third-order valence-corrected chi connectivity index (χ3v) is 1.96. The molecule has 0 amide bonds. The first-order valence-corrected chi connectivity index (χ1v) is 3.84. The highest BCUT2D eigenvalue weighted by Gasteiger charge is 2.13. The van der Waals surface area contributed by atoms with Gasteiger partial charge in [-0.15, -0.1) is 0 Å². The molecule has 1 atom stereocenters. The first-order chi connectivity index (χ1) is 4.83. The van der Waals surface area contributed by atoms with Crippen LogP contribution in [0.5, 0.6) is 0 Å². The van der Waals surface area contributed by atoms with Gasteiger partial charge in [0.2, 0.25) is 0 Å². The van der Waals surface area contributed by atoms with Crippen LogP contribution < -0.4 is 0 Å². The van der Waals surface area contributed by atoms with Crippen LogP contribution in [0.15, 0.2) is 10.2 Å². The molecule has 0 aromatic carbocycles. The van der Waals surface area contributed by atoms with E-state index in [1.54, 1.807) is 0 Å². The van der Waals surface area contributed by atoms with Crippen LogP contribution in [0.4, 0.5) is 0 Å². The highest BCUT2D eigenvalue weighted by atomic mass is 15.2. The molecule has 1 aliphatic rings. The minimum Gasteiger partial charge on any atom is -0.167 e. The van der Waals surface area contributed by atoms with Crippen LogP contribution in [0.1, 0.15) is 32.6 Å². The van der Waals surface area contributed by atoms with Gasteiger partial charge >= 0.3 is 0 Å². The Bertz CT molecular complexity index is 149. The Hall–Kier alpha value is -0.660. The lowest BCUT2D eigenvalue weighted by Crippen LogP contribution is -2.11. The molecule has 1 fully saturated rings. The Labute approximate surface area is 62.0 Å². The molecule has 1 saturated carbocycles. The van der Waals surface area contributed by atoms with Gasteiger partial charge in [-0.2, -0.15) is 10.2 Å². The highest BCUT2D eigenvalue weighted by molar-refractivity contribution is 5.85. The first-order valence-electron chi connectivity index (χ1n) is 3.84. The van der Waals surface area contributed by atoms with Crippen LogP contribution in [-0.2, 0) is 0 Å². The zero-order valence-corrected chi connectivity index (χ0v) is 6.51. The van der Waals surface area contributed by atoms with E-state index in [4.69, 9.17) is 0 Å². The Morgan fingerprint density at radius 1 is 1.60 bits per heavy atom. The second-order valence-corrected chi connectivity index (χ2v) is 3.01. The fourth-order valence-corrected chi connectivity index (χ4v) is 1.45. The molecule has 0 bridgehead atoms. The summed E-state index contributed by atoms with van der Waals surface area (Å²) >= 11 is 0. The van der Waals surface area contributed by atoms with Gasteiger partial charge < -0.3 is 0 Å². The fraction of sp³-hybridized carbons (Fsp3) is 0.750. The van der Waals surface area contributed by atoms with E-state index in [0.29, 0.717) is 0 Å². The van der Waals surface area contributed by atoms with Crippen molar-refractivity contribution in [1.82, 2.24) is 0 Å². The second-order valence-electron chi connectivity index (χ2n) is 3.01. The SMILES string of the molecule is C=NN=C1CCC[C@H](C)C1. The molecule has 0 unspecified atom stereocenters. The third-order valence-electron chi connectivity index (χ3n) is 1.96. The van der Waals surface area contributed by atoms with Gasteiger partial charge in [0.1, 0.15) is 0 Å². The number of rotatable bonds is 1. The molecular formula is C8H14N2. The zero-order chi connectivity index (χ0) is 7.40. The number of nitrogens with zero attached hydrogens (tertiary/aromatic N) is 2. The summed E-state index contributed by atoms with van der Waals surface area (Å²) in [6.45, 7) is 5.60. The van der Waals surface area contributed by atoms with Gasteiger partial charge in [-0.05, 0) is 31.6 Å². The normalized spacial score (nSPS) is 30.5. The Balaban J connectivity index is 2.46. The molecule has 0 saturated heterocycles. The van der Waals surface area contributed by atoms with Crippen molar-refractivity contribution in [2.75, 3.05) is 0 Å². The molecule has 0 aliphatic heterocycles. The summed E-state index contributed by atoms with van der Waals surface area (Å²) in [5.41, 5.74) is 1.23. The summed E-state index contributed by atoms with van der Waals surface area (Å²) in [5.74, 6) is 0.800. The van der Waals surface area contributed by atoms with Crippen LogP contribution in [0.25, 0.3) is 0 Å². The first kappa shape index (κ1) is 7.45. The molecule has 10 heavy (non-hydrogen) atoms. The van der Waals surface area contributed by atoms with E-state index in [9.17, 15) is 0 Å². The van der Waals surface area contributed by atoms with E-state index >= 15 is 0 Å². The molecular weight excluding hydrogens is 124 g/mol. The van der Waals surface area contributed by atoms with Crippen LogP contribution in [-0.4, -0.2) is 12.4 Å². The molecule has 2 nitrogen and oxygen atoms in total. The molecule has 0 N–H and O–H groups in total. The summed E-state index contributed by atoms with van der Waals surface area (Å²) in [7, 11) is 0. The largest absolute Gasteiger partial charge is 0.167 e. The number of hydrogen-bond donors (Lipinski definition) is 0. The van der Waals surface area contributed by atoms with E-state index in [2.05, 4.69) is 23.8 Å². The summed E-state index contributed by atoms with van der Waals surface area (Å²) in [6.07, 6.45) is 4.87. The monoisotopic (exact) mass is 138 g/mol. The van der Waals surface area contributed by atoms with Gasteiger partial charge in [-0.25, -0.2) is 0 Å². The van der Waals surface area contributed by atoms with Gasteiger partial charge in [0.25, 0.3) is 0 Å². The highest BCUT2D eigenvalue weighted by Crippen LogP contribution is 2.21. The van der Waals surface area contributed by atoms with Crippen molar-refractivity contribution >= 4 is 12.4 Å². The molecule has 56 valence electrons. The molecule has 1 rings (SSSR count). The van der Waals surface area contributed by atoms with E-state index in [0.717, 1.165) is 18.8 Å². The van der Waals surface area contributed by atoms with Gasteiger partial charge in [0, 0.05) is 12.4 Å². The van der Waals surface area contributed by atoms with Crippen molar-refractivity contribution in [3.05, 3.63) is 0 Å². The second kappa shape index (κ2) is 3.49. The summed E-state index contributed by atoms with van der Waals surface area (Å²) in [6, 6.07) is 0. The molecule has 1 aliphatic carbocycles. The molecule has 2 heteroatoms. The molecule has 0 radical (unpaired) electrons. The Morgan fingerprint density at radius 2 is 2.40 bits per heavy atom. The van der Waals surface area contributed by atoms with E-state index < -0.39 is 0 Å². The van der Waals surface area contributed by atoms with Crippen molar-refractivity contribution in [3.63, 3.8) is 0 Å². The zero-order valence-electron chi connectivity index (χ0n) is 6.51. The maximum atomic E-state index is 3.96. The summed E-state index contributed by atoms with van der Waals surface area (Å²) in [4.78, 5) is 0. The van der Waals surface area contributed by atoms with Crippen molar-refractivity contribution < 1.29 is 0 Å². The van der Waals surface area contributed by atoms with E-state index in [1.807, 2.05) is 0 Å². The summed E-state index contributed by atoms with van der Waals surface area (Å²) in [5, 5.41) is 7.50. The summed E-state index contributed by atoms with van der Waals surface area (Å²) < 4.78 is 0. The van der Waals surface area contributed by atoms with Crippen molar-refractivity contribution in [3.8, 4) is 0 Å². The minimum atomic E-state index is 0.800. The van der Waals surface area contributed by atoms with Crippen molar-refractivity contribution in [2.24, 2.45) is 16.1 Å². The van der Waals surface area contributed by atoms with E-state index in [1.165, 1.54) is 18.6 Å². The lowest BCUT2D eigenvalue weighted by Gasteiger charge is -2.17. The van der Waals surface area contributed by atoms with Gasteiger partial charge in [0.15, 0.2) is 0 Å². The van der Waals surface area contributed by atoms with Gasteiger partial charge in [-0.3, -0.25) is 0 Å². The average molecular weight is 138 g/mol. The average Bonchev–Trinajstić information content (AvgIpc) is 1.88. The predicted molar refractivity (Wildman–Crippen MR) is 44.6 cm³/mol. The fourth-order valence-electron chi connectivity index (χ4n) is 1.45. The van der Waals surface area contributed by atoms with Crippen LogP contribution in [0.3, 0.4) is 0 Å². The van der Waals surface area contributed by atoms with Crippen LogP contribution in [0.2, 0.25) is 0 Å². The number of hydrogen-bond acceptors (Lipinski definition) is 2. The third kappa shape index (κ3) is 1.94. The smallest absolute Gasteiger partial charge is 0.0408 e. The standard InChI is InChI=1S/C8H14N2/c1-7-4-3-5-8(6-7)10-9-2/h7H,2-6H2,1H3/t7-/m0/s1. The predicted octanol–water partition coefficient (Wildman–Crippen LogP) is 2.25. The van der Waals surface area contributed by atoms with Crippen molar-refractivity contribution in [2.45, 2.75) is 32.6 Å². The van der Waals surface area contributed by atoms with Crippen molar-refractivity contribution in [1.29, 1.82) is 0 Å². The maximum Gasteiger partial charge on any atom is 0.0408 e. The molecule has 0 aromatic heterocycles. The Kier molecular flexibility index (Phi) is 2.60. The molecule has 0 heterocycles.